The highest BCUT2D eigenvalue weighted by molar-refractivity contribution is 9.10. The molecular weight excluding hydrogens is 274 g/mol. The summed E-state index contributed by atoms with van der Waals surface area (Å²) in [5.41, 5.74) is -0.470. The fourth-order valence-electron chi connectivity index (χ4n) is 1.15. The Morgan fingerprint density at radius 1 is 1.44 bits per heavy atom. The monoisotopic (exact) mass is 287 g/mol. The number of aromatic nitrogens is 2. The van der Waals surface area contributed by atoms with Gasteiger partial charge in [-0.3, -0.25) is 4.90 Å². The van der Waals surface area contributed by atoms with E-state index < -0.39 is 11.6 Å². The zero-order valence-electron chi connectivity index (χ0n) is 9.44. The van der Waals surface area contributed by atoms with Crippen molar-refractivity contribution in [1.82, 2.24) is 14.9 Å². The minimum atomic E-state index is -0.973. The lowest BCUT2D eigenvalue weighted by molar-refractivity contribution is 0.0937. The van der Waals surface area contributed by atoms with Gasteiger partial charge in [0.15, 0.2) is 0 Å². The number of hydrogen-bond acceptors (Lipinski definition) is 3. The molecule has 1 heterocycles. The number of carboxylic acid groups (broad SMARTS) is 1. The molecule has 0 unspecified atom stereocenters. The van der Waals surface area contributed by atoms with Gasteiger partial charge >= 0.3 is 6.09 Å². The molecule has 0 aliphatic heterocycles. The number of hydrogen-bond donors (Lipinski definition) is 1. The van der Waals surface area contributed by atoms with Gasteiger partial charge in [-0.15, -0.1) is 0 Å². The van der Waals surface area contributed by atoms with Crippen LogP contribution in [0.3, 0.4) is 0 Å². The Bertz CT molecular complexity index is 373. The summed E-state index contributed by atoms with van der Waals surface area (Å²) < 4.78 is 0.772. The maximum atomic E-state index is 11.1. The molecule has 0 aliphatic rings. The summed E-state index contributed by atoms with van der Waals surface area (Å²) in [6.45, 7) is 5.69. The quantitative estimate of drug-likeness (QED) is 0.908. The third kappa shape index (κ3) is 3.44. The molecule has 6 heteroatoms. The van der Waals surface area contributed by atoms with E-state index in [4.69, 9.17) is 5.11 Å². The van der Waals surface area contributed by atoms with Crippen molar-refractivity contribution in [3.63, 3.8) is 0 Å². The van der Waals surface area contributed by atoms with Crippen molar-refractivity contribution < 1.29 is 9.90 Å². The molecule has 0 saturated heterocycles. The highest BCUT2D eigenvalue weighted by Crippen LogP contribution is 2.16. The Labute approximate surface area is 103 Å². The molecule has 0 atom stereocenters. The average molecular weight is 288 g/mol. The topological polar surface area (TPSA) is 66.3 Å². The number of nitrogens with zero attached hydrogens (tertiary/aromatic N) is 3. The summed E-state index contributed by atoms with van der Waals surface area (Å²) in [6.07, 6.45) is 2.23. The SMILES string of the molecule is CC(C)(C)N(Cc1ncc(Br)cn1)C(=O)O. The molecule has 0 saturated carbocycles. The van der Waals surface area contributed by atoms with Crippen molar-refractivity contribution in [1.29, 1.82) is 0 Å². The second kappa shape index (κ2) is 4.78. The minimum absolute atomic E-state index is 0.187. The average Bonchev–Trinajstić information content (AvgIpc) is 2.14. The lowest BCUT2D eigenvalue weighted by Crippen LogP contribution is -2.44. The molecule has 0 aromatic carbocycles. The smallest absolute Gasteiger partial charge is 0.408 e. The van der Waals surface area contributed by atoms with E-state index in [1.807, 2.05) is 20.8 Å². The largest absolute Gasteiger partial charge is 0.465 e. The van der Waals surface area contributed by atoms with Gasteiger partial charge in [0, 0.05) is 17.9 Å². The van der Waals surface area contributed by atoms with Gasteiger partial charge in [0.05, 0.1) is 11.0 Å². The van der Waals surface area contributed by atoms with Crippen LogP contribution in [0.2, 0.25) is 0 Å². The highest BCUT2D eigenvalue weighted by atomic mass is 79.9. The molecule has 0 fully saturated rings. The molecule has 0 radical (unpaired) electrons. The van der Waals surface area contributed by atoms with Crippen LogP contribution in [-0.2, 0) is 6.54 Å². The van der Waals surface area contributed by atoms with Gasteiger partial charge in [-0.25, -0.2) is 14.8 Å². The summed E-state index contributed by atoms with van der Waals surface area (Å²) in [5.74, 6) is 0.487. The second-order valence-corrected chi connectivity index (χ2v) is 5.27. The van der Waals surface area contributed by atoms with Crippen LogP contribution in [0.15, 0.2) is 16.9 Å². The van der Waals surface area contributed by atoms with Crippen LogP contribution in [0.25, 0.3) is 0 Å². The van der Waals surface area contributed by atoms with Crippen LogP contribution in [0.1, 0.15) is 26.6 Å². The summed E-state index contributed by atoms with van der Waals surface area (Å²) in [6, 6.07) is 0. The standard InChI is InChI=1S/C10H14BrN3O2/c1-10(2,3)14(9(15)16)6-8-12-4-7(11)5-13-8/h4-5H,6H2,1-3H3,(H,15,16). The molecular formula is C10H14BrN3O2. The lowest BCUT2D eigenvalue weighted by Gasteiger charge is -2.32. The molecule has 1 aromatic heterocycles. The van der Waals surface area contributed by atoms with E-state index in [1.54, 1.807) is 12.4 Å². The van der Waals surface area contributed by atoms with Gasteiger partial charge in [0.2, 0.25) is 0 Å². The fraction of sp³-hybridized carbons (Fsp3) is 0.500. The molecule has 16 heavy (non-hydrogen) atoms. The van der Waals surface area contributed by atoms with Crippen LogP contribution >= 0.6 is 15.9 Å². The van der Waals surface area contributed by atoms with Crippen LogP contribution in [0.5, 0.6) is 0 Å². The van der Waals surface area contributed by atoms with Crippen LogP contribution < -0.4 is 0 Å². The third-order valence-electron chi connectivity index (χ3n) is 2.01. The number of halogens is 1. The van der Waals surface area contributed by atoms with Gasteiger partial charge < -0.3 is 5.11 Å². The van der Waals surface area contributed by atoms with E-state index in [2.05, 4.69) is 25.9 Å². The highest BCUT2D eigenvalue weighted by Gasteiger charge is 2.26. The predicted octanol–water partition coefficient (Wildman–Crippen LogP) is 2.52. The zero-order valence-corrected chi connectivity index (χ0v) is 11.0. The maximum Gasteiger partial charge on any atom is 0.408 e. The molecule has 5 nitrogen and oxygen atoms in total. The van der Waals surface area contributed by atoms with Gasteiger partial charge in [0.25, 0.3) is 0 Å². The van der Waals surface area contributed by atoms with E-state index >= 15 is 0 Å². The van der Waals surface area contributed by atoms with Crippen molar-refractivity contribution in [3.05, 3.63) is 22.7 Å². The van der Waals surface area contributed by atoms with E-state index in [9.17, 15) is 4.79 Å². The van der Waals surface area contributed by atoms with Crippen LogP contribution in [0.4, 0.5) is 4.79 Å². The first kappa shape index (κ1) is 12.9. The zero-order chi connectivity index (χ0) is 12.3. The van der Waals surface area contributed by atoms with E-state index in [0.717, 1.165) is 4.47 Å². The molecule has 0 aliphatic carbocycles. The van der Waals surface area contributed by atoms with Gasteiger partial charge in [-0.05, 0) is 36.7 Å². The molecule has 0 bridgehead atoms. The normalized spacial score (nSPS) is 11.2. The van der Waals surface area contributed by atoms with Crippen molar-refractivity contribution >= 4 is 22.0 Å². The first-order valence-corrected chi connectivity index (χ1v) is 5.57. The summed E-state index contributed by atoms with van der Waals surface area (Å²) in [4.78, 5) is 20.5. The number of carbonyl (C=O) groups is 1. The first-order valence-electron chi connectivity index (χ1n) is 4.77. The van der Waals surface area contributed by atoms with Crippen molar-refractivity contribution in [2.24, 2.45) is 0 Å². The molecule has 1 amide bonds. The maximum absolute atomic E-state index is 11.1. The van der Waals surface area contributed by atoms with Gasteiger partial charge in [-0.2, -0.15) is 0 Å². The minimum Gasteiger partial charge on any atom is -0.465 e. The summed E-state index contributed by atoms with van der Waals surface area (Å²) in [5, 5.41) is 9.09. The third-order valence-corrected chi connectivity index (χ3v) is 2.42. The molecule has 0 spiro atoms. The molecule has 1 aromatic rings. The van der Waals surface area contributed by atoms with Crippen LogP contribution in [-0.4, -0.2) is 31.6 Å². The number of rotatable bonds is 2. The lowest BCUT2D eigenvalue weighted by atomic mass is 10.1. The molecule has 1 N–H and O–H groups in total. The van der Waals surface area contributed by atoms with Crippen molar-refractivity contribution in [2.45, 2.75) is 32.9 Å². The Morgan fingerprint density at radius 2 is 1.94 bits per heavy atom. The first-order chi connectivity index (χ1) is 7.30. The van der Waals surface area contributed by atoms with Crippen molar-refractivity contribution in [3.8, 4) is 0 Å². The van der Waals surface area contributed by atoms with Crippen LogP contribution in [0, 0.1) is 0 Å². The predicted molar refractivity (Wildman–Crippen MR) is 63.1 cm³/mol. The summed E-state index contributed by atoms with van der Waals surface area (Å²) in [7, 11) is 0. The molecule has 88 valence electrons. The summed E-state index contributed by atoms with van der Waals surface area (Å²) >= 11 is 3.23. The van der Waals surface area contributed by atoms with E-state index in [1.165, 1.54) is 4.90 Å². The van der Waals surface area contributed by atoms with E-state index in [0.29, 0.717) is 5.82 Å². The number of amides is 1. The van der Waals surface area contributed by atoms with E-state index in [-0.39, 0.29) is 6.54 Å². The molecule has 1 rings (SSSR count). The Morgan fingerprint density at radius 3 is 2.31 bits per heavy atom. The van der Waals surface area contributed by atoms with Crippen molar-refractivity contribution in [2.75, 3.05) is 0 Å². The fourth-order valence-corrected chi connectivity index (χ4v) is 1.36. The Balaban J connectivity index is 2.84. The Kier molecular flexibility index (Phi) is 3.85. The Hall–Kier alpha value is -1.17. The second-order valence-electron chi connectivity index (χ2n) is 4.36. The van der Waals surface area contributed by atoms with Gasteiger partial charge in [0.1, 0.15) is 5.82 Å². The van der Waals surface area contributed by atoms with Gasteiger partial charge in [-0.1, -0.05) is 0 Å².